The SMILES string of the molecule is CC[C@@H](C)N(Cc1ccccc1)C(=O)c1cc(S(=O)(=O)N2CCOCC2)ccc1C. The van der Waals surface area contributed by atoms with Crippen LogP contribution in [-0.2, 0) is 21.3 Å². The minimum absolute atomic E-state index is 0.0246. The molecular weight excluding hydrogens is 400 g/mol. The van der Waals surface area contributed by atoms with E-state index in [4.69, 9.17) is 4.74 Å². The molecule has 1 saturated heterocycles. The maximum atomic E-state index is 13.5. The average Bonchev–Trinajstić information content (AvgIpc) is 2.78. The van der Waals surface area contributed by atoms with Crippen LogP contribution in [0.4, 0.5) is 0 Å². The number of hydrogen-bond acceptors (Lipinski definition) is 4. The molecule has 0 aliphatic carbocycles. The van der Waals surface area contributed by atoms with E-state index in [1.807, 2.05) is 56.0 Å². The van der Waals surface area contributed by atoms with Crippen molar-refractivity contribution >= 4 is 15.9 Å². The lowest BCUT2D eigenvalue weighted by atomic mass is 10.0. The molecule has 0 aromatic heterocycles. The summed E-state index contributed by atoms with van der Waals surface area (Å²) in [5.41, 5.74) is 2.24. The molecule has 1 atom stereocenters. The summed E-state index contributed by atoms with van der Waals surface area (Å²) in [5.74, 6) is -0.148. The zero-order valence-electron chi connectivity index (χ0n) is 17.9. The Hall–Kier alpha value is -2.22. The van der Waals surface area contributed by atoms with Crippen LogP contribution in [0, 0.1) is 6.92 Å². The highest BCUT2D eigenvalue weighted by molar-refractivity contribution is 7.89. The summed E-state index contributed by atoms with van der Waals surface area (Å²) in [5, 5.41) is 0. The molecule has 3 rings (SSSR count). The van der Waals surface area contributed by atoms with Crippen molar-refractivity contribution in [2.24, 2.45) is 0 Å². The van der Waals surface area contributed by atoms with Gasteiger partial charge in [-0.25, -0.2) is 8.42 Å². The molecule has 6 nitrogen and oxygen atoms in total. The van der Waals surface area contributed by atoms with Gasteiger partial charge in [-0.2, -0.15) is 4.31 Å². The first-order valence-electron chi connectivity index (χ1n) is 10.4. The standard InChI is InChI=1S/C23H30N2O4S/c1-4-19(3)25(17-20-8-6-5-7-9-20)23(26)22-16-21(11-10-18(22)2)30(27,28)24-12-14-29-15-13-24/h5-11,16,19H,4,12-15,17H2,1-3H3/t19-/m1/s1. The first-order valence-corrected chi connectivity index (χ1v) is 11.8. The summed E-state index contributed by atoms with van der Waals surface area (Å²) in [4.78, 5) is 15.5. The van der Waals surface area contributed by atoms with Crippen LogP contribution in [0.1, 0.15) is 41.8 Å². The van der Waals surface area contributed by atoms with E-state index >= 15 is 0 Å². The van der Waals surface area contributed by atoms with E-state index in [0.717, 1.165) is 17.5 Å². The van der Waals surface area contributed by atoms with E-state index in [1.165, 1.54) is 10.4 Å². The fraction of sp³-hybridized carbons (Fsp3) is 0.435. The maximum Gasteiger partial charge on any atom is 0.254 e. The van der Waals surface area contributed by atoms with Crippen molar-refractivity contribution in [3.63, 3.8) is 0 Å². The first-order chi connectivity index (χ1) is 14.3. The number of carbonyl (C=O) groups is 1. The smallest absolute Gasteiger partial charge is 0.254 e. The highest BCUT2D eigenvalue weighted by Gasteiger charge is 2.29. The Morgan fingerprint density at radius 3 is 2.43 bits per heavy atom. The molecule has 0 bridgehead atoms. The second-order valence-corrected chi connectivity index (χ2v) is 9.61. The minimum Gasteiger partial charge on any atom is -0.379 e. The van der Waals surface area contributed by atoms with Crippen molar-refractivity contribution in [3.8, 4) is 0 Å². The quantitative estimate of drug-likeness (QED) is 0.675. The third kappa shape index (κ3) is 4.91. The number of benzene rings is 2. The Bertz CT molecular complexity index is 970. The van der Waals surface area contributed by atoms with Crippen molar-refractivity contribution < 1.29 is 17.9 Å². The van der Waals surface area contributed by atoms with Crippen LogP contribution in [0.2, 0.25) is 0 Å². The number of rotatable bonds is 7. The highest BCUT2D eigenvalue weighted by Crippen LogP contribution is 2.23. The van der Waals surface area contributed by atoms with Gasteiger partial charge in [0.2, 0.25) is 10.0 Å². The molecule has 2 aromatic carbocycles. The predicted molar refractivity (Wildman–Crippen MR) is 117 cm³/mol. The second-order valence-electron chi connectivity index (χ2n) is 7.67. The first kappa shape index (κ1) is 22.5. The van der Waals surface area contributed by atoms with E-state index in [1.54, 1.807) is 12.1 Å². The molecule has 1 fully saturated rings. The molecule has 0 saturated carbocycles. The van der Waals surface area contributed by atoms with Crippen molar-refractivity contribution in [1.29, 1.82) is 0 Å². The third-order valence-electron chi connectivity index (χ3n) is 5.63. The van der Waals surface area contributed by atoms with Crippen molar-refractivity contribution in [2.45, 2.75) is 44.7 Å². The molecule has 0 unspecified atom stereocenters. The number of aryl methyl sites for hydroxylation is 1. The molecule has 0 radical (unpaired) electrons. The van der Waals surface area contributed by atoms with Gasteiger partial charge in [-0.1, -0.05) is 43.3 Å². The molecule has 162 valence electrons. The van der Waals surface area contributed by atoms with Crippen molar-refractivity contribution in [3.05, 3.63) is 65.2 Å². The second kappa shape index (κ2) is 9.73. The number of nitrogens with zero attached hydrogens (tertiary/aromatic N) is 2. The third-order valence-corrected chi connectivity index (χ3v) is 7.52. The fourth-order valence-electron chi connectivity index (χ4n) is 3.51. The summed E-state index contributed by atoms with van der Waals surface area (Å²) >= 11 is 0. The molecule has 1 heterocycles. The van der Waals surface area contributed by atoms with Gasteiger partial charge in [0.15, 0.2) is 0 Å². The lowest BCUT2D eigenvalue weighted by Gasteiger charge is -2.30. The Morgan fingerprint density at radius 2 is 1.80 bits per heavy atom. The van der Waals surface area contributed by atoms with E-state index in [9.17, 15) is 13.2 Å². The molecule has 0 N–H and O–H groups in total. The van der Waals surface area contributed by atoms with Gasteiger partial charge >= 0.3 is 0 Å². The molecule has 30 heavy (non-hydrogen) atoms. The van der Waals surface area contributed by atoms with E-state index in [2.05, 4.69) is 0 Å². The lowest BCUT2D eigenvalue weighted by Crippen LogP contribution is -2.41. The van der Waals surface area contributed by atoms with Crippen LogP contribution in [0.3, 0.4) is 0 Å². The fourth-order valence-corrected chi connectivity index (χ4v) is 4.95. The monoisotopic (exact) mass is 430 g/mol. The van der Waals surface area contributed by atoms with Gasteiger partial charge in [0.1, 0.15) is 0 Å². The van der Waals surface area contributed by atoms with Crippen molar-refractivity contribution in [1.82, 2.24) is 9.21 Å². The minimum atomic E-state index is -3.66. The summed E-state index contributed by atoms with van der Waals surface area (Å²) in [6.45, 7) is 7.81. The van der Waals surface area contributed by atoms with Crippen LogP contribution >= 0.6 is 0 Å². The normalized spacial score (nSPS) is 16.2. The molecule has 2 aromatic rings. The van der Waals surface area contributed by atoms with Crippen molar-refractivity contribution in [2.75, 3.05) is 26.3 Å². The van der Waals surface area contributed by atoms with Crippen LogP contribution in [0.15, 0.2) is 53.4 Å². The van der Waals surface area contributed by atoms with Crippen LogP contribution < -0.4 is 0 Å². The van der Waals surface area contributed by atoms with Gasteiger partial charge in [0.25, 0.3) is 5.91 Å². The average molecular weight is 431 g/mol. The van der Waals surface area contributed by atoms with E-state index in [0.29, 0.717) is 38.4 Å². The highest BCUT2D eigenvalue weighted by atomic mass is 32.2. The number of amides is 1. The van der Waals surface area contributed by atoms with Gasteiger partial charge in [-0.3, -0.25) is 4.79 Å². The number of ether oxygens (including phenoxy) is 1. The van der Waals surface area contributed by atoms with Gasteiger partial charge in [-0.15, -0.1) is 0 Å². The summed E-state index contributed by atoms with van der Waals surface area (Å²) in [6.07, 6.45) is 0.809. The van der Waals surface area contributed by atoms with Gasteiger partial charge in [-0.05, 0) is 43.5 Å². The van der Waals surface area contributed by atoms with Crippen LogP contribution in [-0.4, -0.2) is 55.9 Å². The molecule has 1 aliphatic heterocycles. The summed E-state index contributed by atoms with van der Waals surface area (Å²) < 4.78 is 32.8. The molecule has 0 spiro atoms. The van der Waals surface area contributed by atoms with E-state index in [-0.39, 0.29) is 16.8 Å². The van der Waals surface area contributed by atoms with Crippen LogP contribution in [0.25, 0.3) is 0 Å². The molecular formula is C23H30N2O4S. The van der Waals surface area contributed by atoms with Gasteiger partial charge in [0.05, 0.1) is 18.1 Å². The largest absolute Gasteiger partial charge is 0.379 e. The Balaban J connectivity index is 1.94. The Morgan fingerprint density at radius 1 is 1.13 bits per heavy atom. The molecule has 7 heteroatoms. The van der Waals surface area contributed by atoms with E-state index < -0.39 is 10.0 Å². The Labute approximate surface area is 179 Å². The zero-order valence-corrected chi connectivity index (χ0v) is 18.7. The van der Waals surface area contributed by atoms with Gasteiger partial charge < -0.3 is 9.64 Å². The summed E-state index contributed by atoms with van der Waals surface area (Å²) in [6, 6.07) is 14.7. The van der Waals surface area contributed by atoms with Crippen LogP contribution in [0.5, 0.6) is 0 Å². The van der Waals surface area contributed by atoms with Gasteiger partial charge in [0, 0.05) is 31.2 Å². The molecule has 1 amide bonds. The molecule has 1 aliphatic rings. The number of carbonyl (C=O) groups excluding carboxylic acids is 1. The number of sulfonamides is 1. The lowest BCUT2D eigenvalue weighted by molar-refractivity contribution is 0.0670. The maximum absolute atomic E-state index is 13.5. The predicted octanol–water partition coefficient (Wildman–Crippen LogP) is 3.46. The topological polar surface area (TPSA) is 66.9 Å². The number of hydrogen-bond donors (Lipinski definition) is 0. The summed E-state index contributed by atoms with van der Waals surface area (Å²) in [7, 11) is -3.66. The zero-order chi connectivity index (χ0) is 21.7. The Kier molecular flexibility index (Phi) is 7.28. The number of morpholine rings is 1.